The highest BCUT2D eigenvalue weighted by Crippen LogP contribution is 2.35. The molecule has 0 spiro atoms. The number of rotatable bonds is 8. The summed E-state index contributed by atoms with van der Waals surface area (Å²) < 4.78 is 0. The second-order valence-electron chi connectivity index (χ2n) is 9.63. The molecule has 198 valence electrons. The average Bonchev–Trinajstić information content (AvgIpc) is 3.50. The van der Waals surface area contributed by atoms with Gasteiger partial charge in [0.05, 0.1) is 5.56 Å². The smallest absolute Gasteiger partial charge is 0.335 e. The van der Waals surface area contributed by atoms with E-state index in [4.69, 9.17) is 0 Å². The third kappa shape index (κ3) is 5.03. The van der Waals surface area contributed by atoms with Gasteiger partial charge in [-0.05, 0) is 59.5 Å². The number of carbonyl (C=O) groups excluding carboxylic acids is 1. The van der Waals surface area contributed by atoms with Gasteiger partial charge in [-0.15, -0.1) is 10.2 Å². The van der Waals surface area contributed by atoms with E-state index in [-0.39, 0.29) is 17.6 Å². The maximum Gasteiger partial charge on any atom is 0.335 e. The van der Waals surface area contributed by atoms with Crippen molar-refractivity contribution in [2.75, 3.05) is 11.9 Å². The predicted octanol–water partition coefficient (Wildman–Crippen LogP) is 5.15. The van der Waals surface area contributed by atoms with Crippen LogP contribution in [0.25, 0.3) is 22.5 Å². The van der Waals surface area contributed by atoms with Gasteiger partial charge in [-0.25, -0.2) is 4.79 Å². The monoisotopic (exact) mass is 522 g/mol. The number of aromatic carboxylic acids is 1. The zero-order chi connectivity index (χ0) is 27.5. The second kappa shape index (κ2) is 10.9. The highest BCUT2D eigenvalue weighted by molar-refractivity contribution is 6.07. The van der Waals surface area contributed by atoms with Gasteiger partial charge in [-0.2, -0.15) is 5.21 Å². The van der Waals surface area contributed by atoms with E-state index in [1.807, 2.05) is 73.5 Å². The summed E-state index contributed by atoms with van der Waals surface area (Å²) in [5.41, 5.74) is 6.15. The van der Waals surface area contributed by atoms with Crippen LogP contribution >= 0.6 is 0 Å². The van der Waals surface area contributed by atoms with Gasteiger partial charge in [-0.3, -0.25) is 9.69 Å². The first-order valence-corrected chi connectivity index (χ1v) is 12.9. The number of H-pyrrole nitrogens is 1. The molecule has 0 saturated heterocycles. The summed E-state index contributed by atoms with van der Waals surface area (Å²) in [4.78, 5) is 29.6. The topological polar surface area (TPSA) is 115 Å². The minimum absolute atomic E-state index is 0.0651. The standard InChI is InChI=1S/C30H30N6O3/c1-4-8-27-35(3)19(2)26(18-20-9-7-10-22(17-20)30(38)39)29(37)36(27)23-15-13-21(14-16-23)24-11-5-6-12-25(24)28-31-33-34-32-28/h5-7,9-17,27H,4,8,18H2,1-3H3,(H,38,39)(H,31,32,33,34). The molecular formula is C30H30N6O3. The number of carbonyl (C=O) groups is 2. The molecule has 1 atom stereocenters. The Morgan fingerprint density at radius 3 is 2.44 bits per heavy atom. The fourth-order valence-corrected chi connectivity index (χ4v) is 5.14. The lowest BCUT2D eigenvalue weighted by Crippen LogP contribution is -2.54. The number of aromatic amines is 1. The fraction of sp³-hybridized carbons (Fsp3) is 0.233. The van der Waals surface area contributed by atoms with Crippen molar-refractivity contribution in [1.82, 2.24) is 25.5 Å². The Morgan fingerprint density at radius 2 is 1.77 bits per heavy atom. The largest absolute Gasteiger partial charge is 0.478 e. The lowest BCUT2D eigenvalue weighted by Gasteiger charge is -2.44. The summed E-state index contributed by atoms with van der Waals surface area (Å²) in [6, 6.07) is 22.6. The van der Waals surface area contributed by atoms with Gasteiger partial charge in [0.15, 0.2) is 0 Å². The summed E-state index contributed by atoms with van der Waals surface area (Å²) in [6.45, 7) is 4.08. The molecule has 0 aliphatic carbocycles. The Hall–Kier alpha value is -4.79. The van der Waals surface area contributed by atoms with Crippen molar-refractivity contribution in [3.63, 3.8) is 0 Å². The van der Waals surface area contributed by atoms with Gasteiger partial charge in [0.2, 0.25) is 5.82 Å². The molecule has 4 aromatic rings. The molecule has 3 aromatic carbocycles. The summed E-state index contributed by atoms with van der Waals surface area (Å²) >= 11 is 0. The number of aromatic nitrogens is 4. The second-order valence-corrected chi connectivity index (χ2v) is 9.63. The Balaban J connectivity index is 1.50. The highest BCUT2D eigenvalue weighted by Gasteiger charge is 2.36. The van der Waals surface area contributed by atoms with Crippen molar-refractivity contribution in [1.29, 1.82) is 0 Å². The van der Waals surface area contributed by atoms with Crippen molar-refractivity contribution in [2.24, 2.45) is 0 Å². The summed E-state index contributed by atoms with van der Waals surface area (Å²) in [6.07, 6.45) is 1.94. The van der Waals surface area contributed by atoms with E-state index in [2.05, 4.69) is 32.4 Å². The van der Waals surface area contributed by atoms with Crippen molar-refractivity contribution in [3.8, 4) is 22.5 Å². The van der Waals surface area contributed by atoms with Gasteiger partial charge in [-0.1, -0.05) is 61.9 Å². The van der Waals surface area contributed by atoms with Crippen LogP contribution in [0, 0.1) is 0 Å². The molecule has 39 heavy (non-hydrogen) atoms. The molecule has 1 aliphatic heterocycles. The Kier molecular flexibility index (Phi) is 7.23. The summed E-state index contributed by atoms with van der Waals surface area (Å²) in [5.74, 6) is -0.535. The minimum atomic E-state index is -0.986. The lowest BCUT2D eigenvalue weighted by atomic mass is 9.95. The molecule has 1 unspecified atom stereocenters. The van der Waals surface area contributed by atoms with E-state index in [0.29, 0.717) is 17.8 Å². The van der Waals surface area contributed by atoms with Crippen LogP contribution in [0.15, 0.2) is 84.1 Å². The number of hydrogen-bond acceptors (Lipinski definition) is 6. The molecule has 1 aliphatic rings. The van der Waals surface area contributed by atoms with Crippen molar-refractivity contribution in [3.05, 3.63) is 95.2 Å². The molecule has 0 bridgehead atoms. The lowest BCUT2D eigenvalue weighted by molar-refractivity contribution is -0.117. The molecule has 0 radical (unpaired) electrons. The van der Waals surface area contributed by atoms with Crippen molar-refractivity contribution < 1.29 is 14.7 Å². The number of nitrogens with zero attached hydrogens (tertiary/aromatic N) is 5. The normalized spacial score (nSPS) is 15.7. The maximum atomic E-state index is 14.1. The minimum Gasteiger partial charge on any atom is -0.478 e. The number of benzene rings is 3. The first kappa shape index (κ1) is 25.8. The number of nitrogens with one attached hydrogen (secondary N) is 1. The number of anilines is 1. The number of carboxylic acids is 1. The molecule has 9 nitrogen and oxygen atoms in total. The number of hydrogen-bond donors (Lipinski definition) is 2. The summed E-state index contributed by atoms with van der Waals surface area (Å²) in [7, 11) is 2.01. The first-order chi connectivity index (χ1) is 18.9. The summed E-state index contributed by atoms with van der Waals surface area (Å²) in [5, 5.41) is 23.9. The molecule has 2 N–H and O–H groups in total. The van der Waals surface area contributed by atoms with Crippen LogP contribution in [0.2, 0.25) is 0 Å². The predicted molar refractivity (Wildman–Crippen MR) is 149 cm³/mol. The van der Waals surface area contributed by atoms with Gasteiger partial charge >= 0.3 is 5.97 Å². The third-order valence-corrected chi connectivity index (χ3v) is 7.26. The maximum absolute atomic E-state index is 14.1. The molecule has 5 rings (SSSR count). The molecular weight excluding hydrogens is 492 g/mol. The molecule has 0 saturated carbocycles. The molecule has 0 fully saturated rings. The van der Waals surface area contributed by atoms with E-state index in [1.165, 1.54) is 0 Å². The number of amides is 1. The third-order valence-electron chi connectivity index (χ3n) is 7.26. The molecule has 2 heterocycles. The molecule has 1 aromatic heterocycles. The van der Waals surface area contributed by atoms with Gasteiger partial charge in [0, 0.05) is 36.0 Å². The van der Waals surface area contributed by atoms with Crippen LogP contribution < -0.4 is 4.90 Å². The van der Waals surface area contributed by atoms with Crippen LogP contribution in [-0.4, -0.2) is 55.7 Å². The number of allylic oxidation sites excluding steroid dienone is 1. The Bertz CT molecular complexity index is 1530. The van der Waals surface area contributed by atoms with E-state index in [1.54, 1.807) is 18.2 Å². The van der Waals surface area contributed by atoms with Crippen molar-refractivity contribution >= 4 is 17.6 Å². The SMILES string of the molecule is CCCC1N(C)C(C)=C(Cc2cccc(C(=O)O)c2)C(=O)N1c1ccc(-c2ccccc2-c2nn[nH]n2)cc1. The fourth-order valence-electron chi connectivity index (χ4n) is 5.14. The van der Waals surface area contributed by atoms with Gasteiger partial charge in [0.25, 0.3) is 5.91 Å². The number of tetrazole rings is 1. The van der Waals surface area contributed by atoms with E-state index >= 15 is 0 Å². The van der Waals surface area contributed by atoms with Crippen LogP contribution in [0.1, 0.15) is 42.6 Å². The van der Waals surface area contributed by atoms with Crippen LogP contribution in [0.4, 0.5) is 5.69 Å². The Labute approximate surface area is 226 Å². The number of carboxylic acid groups (broad SMARTS) is 1. The van der Waals surface area contributed by atoms with Gasteiger partial charge < -0.3 is 10.0 Å². The highest BCUT2D eigenvalue weighted by atomic mass is 16.4. The van der Waals surface area contributed by atoms with E-state index in [9.17, 15) is 14.7 Å². The molecule has 9 heteroatoms. The van der Waals surface area contributed by atoms with Crippen LogP contribution in [-0.2, 0) is 11.2 Å². The van der Waals surface area contributed by atoms with Crippen LogP contribution in [0.3, 0.4) is 0 Å². The van der Waals surface area contributed by atoms with Crippen molar-refractivity contribution in [2.45, 2.75) is 39.3 Å². The Morgan fingerprint density at radius 1 is 1.03 bits per heavy atom. The zero-order valence-electron chi connectivity index (χ0n) is 22.1. The quantitative estimate of drug-likeness (QED) is 0.329. The van der Waals surface area contributed by atoms with Crippen LogP contribution in [0.5, 0.6) is 0 Å². The van der Waals surface area contributed by atoms with E-state index in [0.717, 1.165) is 46.5 Å². The zero-order valence-corrected chi connectivity index (χ0v) is 22.1. The van der Waals surface area contributed by atoms with Gasteiger partial charge in [0.1, 0.15) is 6.17 Å². The molecule has 1 amide bonds. The average molecular weight is 523 g/mol. The van der Waals surface area contributed by atoms with E-state index < -0.39 is 5.97 Å². The first-order valence-electron chi connectivity index (χ1n) is 12.9.